The van der Waals surface area contributed by atoms with Crippen molar-refractivity contribution in [2.45, 2.75) is 13.8 Å². The van der Waals surface area contributed by atoms with E-state index in [1.807, 2.05) is 37.4 Å². The zero-order valence-corrected chi connectivity index (χ0v) is 11.1. The van der Waals surface area contributed by atoms with Crippen LogP contribution in [-0.4, -0.2) is 12.1 Å². The van der Waals surface area contributed by atoms with E-state index in [1.54, 1.807) is 29.7 Å². The van der Waals surface area contributed by atoms with Crippen LogP contribution >= 0.6 is 11.3 Å². The van der Waals surface area contributed by atoms with Crippen LogP contribution in [0.4, 0.5) is 0 Å². The Morgan fingerprint density at radius 1 is 1.22 bits per heavy atom. The molecule has 3 nitrogen and oxygen atoms in total. The normalized spacial score (nSPS) is 10.8. The molecule has 0 saturated carbocycles. The fraction of sp³-hybridized carbons (Fsp3) is 0.143. The molecule has 1 aromatic carbocycles. The van der Waals surface area contributed by atoms with Crippen LogP contribution in [0.3, 0.4) is 0 Å². The number of hydrazone groups is 1. The van der Waals surface area contributed by atoms with Gasteiger partial charge in [-0.05, 0) is 37.4 Å². The van der Waals surface area contributed by atoms with E-state index in [2.05, 4.69) is 10.5 Å². The minimum absolute atomic E-state index is 0.195. The zero-order valence-electron chi connectivity index (χ0n) is 10.3. The average molecular weight is 258 g/mol. The molecule has 0 radical (unpaired) electrons. The van der Waals surface area contributed by atoms with Crippen LogP contribution in [0, 0.1) is 13.8 Å². The number of thiophene rings is 1. The first-order chi connectivity index (χ1) is 8.66. The fourth-order valence-electron chi connectivity index (χ4n) is 1.46. The van der Waals surface area contributed by atoms with Gasteiger partial charge in [-0.2, -0.15) is 5.10 Å². The van der Waals surface area contributed by atoms with Gasteiger partial charge in [-0.1, -0.05) is 17.7 Å². The van der Waals surface area contributed by atoms with E-state index in [4.69, 9.17) is 0 Å². The van der Waals surface area contributed by atoms with Crippen molar-refractivity contribution in [3.05, 3.63) is 57.3 Å². The van der Waals surface area contributed by atoms with Gasteiger partial charge in [0, 0.05) is 16.0 Å². The Morgan fingerprint density at radius 3 is 2.56 bits per heavy atom. The average Bonchev–Trinajstić information content (AvgIpc) is 2.76. The largest absolute Gasteiger partial charge is 0.271 e. The van der Waals surface area contributed by atoms with Crippen LogP contribution in [0.1, 0.15) is 26.4 Å². The standard InChI is InChI=1S/C14H14N2OS/c1-10-3-5-12(6-4-10)14(17)16-15-9-13-7-8-18-11(13)2/h3-9H,1-2H3,(H,16,17)/b15-9+. The van der Waals surface area contributed by atoms with E-state index in [0.717, 1.165) is 11.1 Å². The van der Waals surface area contributed by atoms with Crippen LogP contribution in [0.25, 0.3) is 0 Å². The molecule has 1 N–H and O–H groups in total. The molecule has 2 aromatic rings. The highest BCUT2D eigenvalue weighted by Crippen LogP contribution is 2.12. The molecule has 92 valence electrons. The Bertz CT molecular complexity index is 570. The summed E-state index contributed by atoms with van der Waals surface area (Å²) in [5, 5.41) is 5.95. The summed E-state index contributed by atoms with van der Waals surface area (Å²) in [5.41, 5.74) is 5.29. The number of aryl methyl sites for hydroxylation is 2. The summed E-state index contributed by atoms with van der Waals surface area (Å²) in [6.07, 6.45) is 1.66. The number of carbonyl (C=O) groups is 1. The zero-order chi connectivity index (χ0) is 13.0. The van der Waals surface area contributed by atoms with Crippen molar-refractivity contribution in [3.63, 3.8) is 0 Å². The molecular formula is C14H14N2OS. The Morgan fingerprint density at radius 2 is 1.94 bits per heavy atom. The molecule has 2 rings (SSSR count). The lowest BCUT2D eigenvalue weighted by Crippen LogP contribution is -2.17. The van der Waals surface area contributed by atoms with Crippen molar-refractivity contribution in [2.24, 2.45) is 5.10 Å². The third kappa shape index (κ3) is 3.05. The van der Waals surface area contributed by atoms with Crippen molar-refractivity contribution in [1.29, 1.82) is 0 Å². The second-order valence-corrected chi connectivity index (χ2v) is 5.12. The summed E-state index contributed by atoms with van der Waals surface area (Å²) in [4.78, 5) is 12.9. The van der Waals surface area contributed by atoms with Crippen LogP contribution < -0.4 is 5.43 Å². The highest BCUT2D eigenvalue weighted by atomic mass is 32.1. The molecule has 0 bridgehead atoms. The highest BCUT2D eigenvalue weighted by molar-refractivity contribution is 7.10. The predicted octanol–water partition coefficient (Wildman–Crippen LogP) is 3.13. The first-order valence-electron chi connectivity index (χ1n) is 5.61. The summed E-state index contributed by atoms with van der Waals surface area (Å²) >= 11 is 1.66. The summed E-state index contributed by atoms with van der Waals surface area (Å²) in [6, 6.07) is 9.36. The summed E-state index contributed by atoms with van der Waals surface area (Å²) in [7, 11) is 0. The maximum absolute atomic E-state index is 11.7. The molecule has 0 aliphatic rings. The molecule has 0 aliphatic heterocycles. The number of amides is 1. The van der Waals surface area contributed by atoms with Gasteiger partial charge in [-0.15, -0.1) is 11.3 Å². The molecule has 4 heteroatoms. The molecule has 0 fully saturated rings. The maximum Gasteiger partial charge on any atom is 0.271 e. The third-order valence-corrected chi connectivity index (χ3v) is 3.44. The molecule has 1 heterocycles. The molecule has 0 unspecified atom stereocenters. The van der Waals surface area contributed by atoms with Crippen molar-refractivity contribution in [1.82, 2.24) is 5.43 Å². The second kappa shape index (κ2) is 5.60. The topological polar surface area (TPSA) is 41.5 Å². The molecule has 1 aromatic heterocycles. The number of rotatable bonds is 3. The molecule has 0 spiro atoms. The molecule has 1 amide bonds. The number of hydrogen-bond donors (Lipinski definition) is 1. The Labute approximate surface area is 110 Å². The van der Waals surface area contributed by atoms with Gasteiger partial charge in [-0.25, -0.2) is 5.43 Å². The Kier molecular flexibility index (Phi) is 3.89. The van der Waals surface area contributed by atoms with E-state index in [1.165, 1.54) is 4.88 Å². The lowest BCUT2D eigenvalue weighted by atomic mass is 10.1. The van der Waals surface area contributed by atoms with Crippen LogP contribution in [0.2, 0.25) is 0 Å². The predicted molar refractivity (Wildman–Crippen MR) is 75.3 cm³/mol. The smallest absolute Gasteiger partial charge is 0.267 e. The van der Waals surface area contributed by atoms with Gasteiger partial charge in [-0.3, -0.25) is 4.79 Å². The van der Waals surface area contributed by atoms with E-state index in [0.29, 0.717) is 5.56 Å². The Hall–Kier alpha value is -1.94. The van der Waals surface area contributed by atoms with Gasteiger partial charge >= 0.3 is 0 Å². The number of nitrogens with one attached hydrogen (secondary N) is 1. The number of carbonyl (C=O) groups excluding carboxylic acids is 1. The van der Waals surface area contributed by atoms with Gasteiger partial charge < -0.3 is 0 Å². The monoisotopic (exact) mass is 258 g/mol. The van der Waals surface area contributed by atoms with Crippen molar-refractivity contribution >= 4 is 23.5 Å². The first-order valence-corrected chi connectivity index (χ1v) is 6.49. The Balaban J connectivity index is 1.98. The quantitative estimate of drug-likeness (QED) is 0.667. The number of nitrogens with zero attached hydrogens (tertiary/aromatic N) is 1. The van der Waals surface area contributed by atoms with Gasteiger partial charge in [0.1, 0.15) is 0 Å². The van der Waals surface area contributed by atoms with Gasteiger partial charge in [0.25, 0.3) is 5.91 Å². The van der Waals surface area contributed by atoms with Gasteiger partial charge in [0.2, 0.25) is 0 Å². The van der Waals surface area contributed by atoms with Crippen LogP contribution in [0.15, 0.2) is 40.8 Å². The molecular weight excluding hydrogens is 244 g/mol. The van der Waals surface area contributed by atoms with E-state index < -0.39 is 0 Å². The van der Waals surface area contributed by atoms with Crippen LogP contribution in [0.5, 0.6) is 0 Å². The van der Waals surface area contributed by atoms with Crippen molar-refractivity contribution < 1.29 is 4.79 Å². The number of hydrogen-bond acceptors (Lipinski definition) is 3. The van der Waals surface area contributed by atoms with Crippen molar-refractivity contribution in [2.75, 3.05) is 0 Å². The summed E-state index contributed by atoms with van der Waals surface area (Å²) in [6.45, 7) is 4.01. The van der Waals surface area contributed by atoms with E-state index in [9.17, 15) is 4.79 Å². The maximum atomic E-state index is 11.7. The first kappa shape index (κ1) is 12.5. The van der Waals surface area contributed by atoms with E-state index in [-0.39, 0.29) is 5.91 Å². The minimum Gasteiger partial charge on any atom is -0.267 e. The molecule has 0 saturated heterocycles. The number of benzene rings is 1. The minimum atomic E-state index is -0.195. The molecule has 0 aliphatic carbocycles. The summed E-state index contributed by atoms with van der Waals surface area (Å²) in [5.74, 6) is -0.195. The SMILES string of the molecule is Cc1ccc(C(=O)N/N=C/c2ccsc2C)cc1. The van der Waals surface area contributed by atoms with Crippen molar-refractivity contribution in [3.8, 4) is 0 Å². The lowest BCUT2D eigenvalue weighted by Gasteiger charge is -1.99. The summed E-state index contributed by atoms with van der Waals surface area (Å²) < 4.78 is 0. The highest BCUT2D eigenvalue weighted by Gasteiger charge is 2.02. The van der Waals surface area contributed by atoms with E-state index >= 15 is 0 Å². The van der Waals surface area contributed by atoms with Crippen LogP contribution in [-0.2, 0) is 0 Å². The molecule has 18 heavy (non-hydrogen) atoms. The second-order valence-electron chi connectivity index (χ2n) is 4.00. The van der Waals surface area contributed by atoms with Gasteiger partial charge in [0.15, 0.2) is 0 Å². The third-order valence-electron chi connectivity index (χ3n) is 2.58. The lowest BCUT2D eigenvalue weighted by molar-refractivity contribution is 0.0955. The molecule has 0 atom stereocenters. The van der Waals surface area contributed by atoms with Gasteiger partial charge in [0.05, 0.1) is 6.21 Å². The fourth-order valence-corrected chi connectivity index (χ4v) is 2.13.